The van der Waals surface area contributed by atoms with Crippen LogP contribution in [0.2, 0.25) is 0 Å². The summed E-state index contributed by atoms with van der Waals surface area (Å²) in [7, 11) is 1.45. The SMILES string of the molecule is COc1ccc(CCOc2ccc(CCC3(CO)COC(C)=N3)cc2)cc1F. The van der Waals surface area contributed by atoms with Crippen LogP contribution in [0.4, 0.5) is 4.39 Å². The standard InChI is InChI=1S/C22H26FNO4/c1-16-24-22(14-25,15-28-16)11-9-17-3-6-19(7-4-17)27-12-10-18-5-8-21(26-2)20(23)13-18/h3-8,13,25H,9-12,14-15H2,1-2H3. The highest BCUT2D eigenvalue weighted by atomic mass is 19.1. The number of methoxy groups -OCH3 is 1. The summed E-state index contributed by atoms with van der Waals surface area (Å²) in [6.07, 6.45) is 2.13. The Kier molecular flexibility index (Phi) is 6.52. The molecule has 0 saturated heterocycles. The van der Waals surface area contributed by atoms with E-state index in [9.17, 15) is 9.50 Å². The van der Waals surface area contributed by atoms with Gasteiger partial charge in [-0.2, -0.15) is 0 Å². The first-order valence-corrected chi connectivity index (χ1v) is 9.38. The van der Waals surface area contributed by atoms with E-state index in [0.717, 1.165) is 29.7 Å². The van der Waals surface area contributed by atoms with E-state index in [4.69, 9.17) is 14.2 Å². The molecule has 0 amide bonds. The van der Waals surface area contributed by atoms with E-state index in [-0.39, 0.29) is 18.2 Å². The van der Waals surface area contributed by atoms with Crippen LogP contribution in [0.1, 0.15) is 24.5 Å². The molecule has 2 aromatic carbocycles. The molecular weight excluding hydrogens is 361 g/mol. The van der Waals surface area contributed by atoms with Crippen LogP contribution in [-0.2, 0) is 17.6 Å². The molecule has 0 radical (unpaired) electrons. The number of benzene rings is 2. The minimum absolute atomic E-state index is 0.0164. The lowest BCUT2D eigenvalue weighted by molar-refractivity contribution is 0.150. The molecule has 0 spiro atoms. The Bertz CT molecular complexity index is 822. The van der Waals surface area contributed by atoms with Gasteiger partial charge in [0.25, 0.3) is 0 Å². The third kappa shape index (κ3) is 5.01. The first kappa shape index (κ1) is 20.1. The molecule has 0 bridgehead atoms. The highest BCUT2D eigenvalue weighted by molar-refractivity contribution is 5.75. The molecule has 1 N–H and O–H groups in total. The van der Waals surface area contributed by atoms with Crippen LogP contribution in [0.3, 0.4) is 0 Å². The van der Waals surface area contributed by atoms with E-state index in [2.05, 4.69) is 4.99 Å². The zero-order chi connectivity index (χ0) is 20.0. The Morgan fingerprint density at radius 2 is 1.89 bits per heavy atom. The van der Waals surface area contributed by atoms with Gasteiger partial charge in [0.1, 0.15) is 17.9 Å². The van der Waals surface area contributed by atoms with Gasteiger partial charge in [-0.15, -0.1) is 0 Å². The highest BCUT2D eigenvalue weighted by Crippen LogP contribution is 2.25. The quantitative estimate of drug-likeness (QED) is 0.715. The van der Waals surface area contributed by atoms with Crippen molar-refractivity contribution < 1.29 is 23.7 Å². The van der Waals surface area contributed by atoms with Crippen LogP contribution in [-0.4, -0.2) is 43.5 Å². The molecule has 5 nitrogen and oxygen atoms in total. The number of hydrogen-bond acceptors (Lipinski definition) is 5. The number of hydrogen-bond donors (Lipinski definition) is 1. The first-order valence-electron chi connectivity index (χ1n) is 9.38. The van der Waals surface area contributed by atoms with Crippen LogP contribution < -0.4 is 9.47 Å². The summed E-state index contributed by atoms with van der Waals surface area (Å²) < 4.78 is 29.8. The smallest absolute Gasteiger partial charge is 0.180 e. The van der Waals surface area contributed by atoms with Crippen molar-refractivity contribution in [1.82, 2.24) is 0 Å². The van der Waals surface area contributed by atoms with Crippen molar-refractivity contribution in [3.8, 4) is 11.5 Å². The normalized spacial score (nSPS) is 18.5. The predicted molar refractivity (Wildman–Crippen MR) is 106 cm³/mol. The number of ether oxygens (including phenoxy) is 3. The Balaban J connectivity index is 1.47. The van der Waals surface area contributed by atoms with E-state index >= 15 is 0 Å². The topological polar surface area (TPSA) is 60.3 Å². The van der Waals surface area contributed by atoms with E-state index < -0.39 is 5.54 Å². The lowest BCUT2D eigenvalue weighted by atomic mass is 9.94. The summed E-state index contributed by atoms with van der Waals surface area (Å²) in [5.74, 6) is 1.28. The minimum atomic E-state index is -0.521. The fourth-order valence-corrected chi connectivity index (χ4v) is 3.21. The Morgan fingerprint density at radius 3 is 2.50 bits per heavy atom. The number of aryl methyl sites for hydroxylation is 1. The second-order valence-electron chi connectivity index (χ2n) is 7.01. The van der Waals surface area contributed by atoms with Gasteiger partial charge in [0.2, 0.25) is 0 Å². The molecule has 1 unspecified atom stereocenters. The highest BCUT2D eigenvalue weighted by Gasteiger charge is 2.34. The summed E-state index contributed by atoms with van der Waals surface area (Å²) in [5.41, 5.74) is 1.49. The second-order valence-corrected chi connectivity index (χ2v) is 7.01. The van der Waals surface area contributed by atoms with Crippen LogP contribution in [0.25, 0.3) is 0 Å². The summed E-state index contributed by atoms with van der Waals surface area (Å²) in [6, 6.07) is 12.8. The lowest BCUT2D eigenvalue weighted by Gasteiger charge is -2.21. The fraction of sp³-hybridized carbons (Fsp3) is 0.409. The van der Waals surface area contributed by atoms with E-state index in [0.29, 0.717) is 25.5 Å². The van der Waals surface area contributed by atoms with Crippen molar-refractivity contribution in [2.75, 3.05) is 26.9 Å². The molecule has 6 heteroatoms. The zero-order valence-electron chi connectivity index (χ0n) is 16.3. The first-order chi connectivity index (χ1) is 13.5. The molecule has 1 aliphatic heterocycles. The maximum atomic E-state index is 13.7. The maximum absolute atomic E-state index is 13.7. The molecule has 0 saturated carbocycles. The monoisotopic (exact) mass is 387 g/mol. The van der Waals surface area contributed by atoms with Crippen molar-refractivity contribution in [1.29, 1.82) is 0 Å². The van der Waals surface area contributed by atoms with Gasteiger partial charge in [-0.3, -0.25) is 0 Å². The van der Waals surface area contributed by atoms with E-state index in [1.54, 1.807) is 6.07 Å². The second kappa shape index (κ2) is 9.06. The maximum Gasteiger partial charge on any atom is 0.180 e. The number of nitrogens with zero attached hydrogens (tertiary/aromatic N) is 1. The van der Waals surface area contributed by atoms with Gasteiger partial charge in [-0.25, -0.2) is 9.38 Å². The van der Waals surface area contributed by atoms with E-state index in [1.165, 1.54) is 13.2 Å². The zero-order valence-corrected chi connectivity index (χ0v) is 16.3. The van der Waals surface area contributed by atoms with Gasteiger partial charge < -0.3 is 19.3 Å². The number of aliphatic hydroxyl groups is 1. The molecule has 1 atom stereocenters. The molecule has 0 aliphatic carbocycles. The molecule has 3 rings (SSSR count). The van der Waals surface area contributed by atoms with Gasteiger partial charge in [-0.1, -0.05) is 18.2 Å². The number of aliphatic imine (C=N–C) groups is 1. The van der Waals surface area contributed by atoms with Gasteiger partial charge in [-0.05, 0) is 48.2 Å². The molecule has 1 aliphatic rings. The molecule has 1 heterocycles. The fourth-order valence-electron chi connectivity index (χ4n) is 3.21. The molecule has 28 heavy (non-hydrogen) atoms. The van der Waals surface area contributed by atoms with Gasteiger partial charge in [0.05, 0.1) is 20.3 Å². The summed E-state index contributed by atoms with van der Waals surface area (Å²) in [6.45, 7) is 2.69. The van der Waals surface area contributed by atoms with Crippen molar-refractivity contribution in [2.45, 2.75) is 31.7 Å². The Hall–Kier alpha value is -2.60. The third-order valence-electron chi connectivity index (χ3n) is 4.92. The van der Waals surface area contributed by atoms with Gasteiger partial charge >= 0.3 is 0 Å². The van der Waals surface area contributed by atoms with Crippen LogP contribution >= 0.6 is 0 Å². The van der Waals surface area contributed by atoms with Crippen molar-refractivity contribution in [2.24, 2.45) is 4.99 Å². The van der Waals surface area contributed by atoms with Gasteiger partial charge in [0.15, 0.2) is 17.5 Å². The number of rotatable bonds is 9. The Labute approximate surface area is 164 Å². The van der Waals surface area contributed by atoms with Crippen LogP contribution in [0.5, 0.6) is 11.5 Å². The van der Waals surface area contributed by atoms with Gasteiger partial charge in [0, 0.05) is 13.3 Å². The molecule has 2 aromatic rings. The largest absolute Gasteiger partial charge is 0.494 e. The summed E-state index contributed by atoms with van der Waals surface area (Å²) in [4.78, 5) is 4.44. The van der Waals surface area contributed by atoms with Crippen LogP contribution in [0.15, 0.2) is 47.5 Å². The van der Waals surface area contributed by atoms with Crippen molar-refractivity contribution in [3.05, 3.63) is 59.4 Å². The molecule has 0 fully saturated rings. The molecular formula is C22H26FNO4. The third-order valence-corrected chi connectivity index (χ3v) is 4.92. The van der Waals surface area contributed by atoms with Crippen molar-refractivity contribution >= 4 is 5.90 Å². The lowest BCUT2D eigenvalue weighted by Crippen LogP contribution is -2.33. The average Bonchev–Trinajstić information content (AvgIpc) is 3.09. The summed E-state index contributed by atoms with van der Waals surface area (Å²) in [5, 5.41) is 9.66. The molecule has 0 aromatic heterocycles. The van der Waals surface area contributed by atoms with Crippen molar-refractivity contribution in [3.63, 3.8) is 0 Å². The van der Waals surface area contributed by atoms with Crippen LogP contribution in [0, 0.1) is 5.82 Å². The average molecular weight is 387 g/mol. The number of halogens is 1. The number of aliphatic hydroxyl groups excluding tert-OH is 1. The van der Waals surface area contributed by atoms with E-state index in [1.807, 2.05) is 37.3 Å². The summed E-state index contributed by atoms with van der Waals surface area (Å²) >= 11 is 0. The minimum Gasteiger partial charge on any atom is -0.494 e. The molecule has 150 valence electrons. The Morgan fingerprint density at radius 1 is 1.14 bits per heavy atom. The predicted octanol–water partition coefficient (Wildman–Crippen LogP) is 3.57.